The summed E-state index contributed by atoms with van der Waals surface area (Å²) < 4.78 is 0. The second kappa shape index (κ2) is 4.58. The Labute approximate surface area is 118 Å². The van der Waals surface area contributed by atoms with Crippen molar-refractivity contribution in [2.75, 3.05) is 5.33 Å². The standard InChI is InChI=1S/C15H12Br2/c16-9-14(17)15-12-7-3-1-5-10(12)11-6-2-4-8-13(11)15/h1-8,14-15H,9H2. The third kappa shape index (κ3) is 1.78. The molecule has 0 amide bonds. The molecule has 1 unspecified atom stereocenters. The molecular formula is C15H12Br2. The predicted octanol–water partition coefficient (Wildman–Crippen LogP) is 4.96. The van der Waals surface area contributed by atoms with Gasteiger partial charge in [0.15, 0.2) is 0 Å². The minimum absolute atomic E-state index is 0.437. The van der Waals surface area contributed by atoms with E-state index < -0.39 is 0 Å². The van der Waals surface area contributed by atoms with E-state index in [4.69, 9.17) is 0 Å². The SMILES string of the molecule is BrCC(Br)C1c2ccccc2-c2ccccc21. The van der Waals surface area contributed by atoms with Crippen molar-refractivity contribution in [3.63, 3.8) is 0 Å². The lowest BCUT2D eigenvalue weighted by Crippen LogP contribution is -2.12. The van der Waals surface area contributed by atoms with Gasteiger partial charge in [-0.05, 0) is 22.3 Å². The highest BCUT2D eigenvalue weighted by Gasteiger charge is 2.32. The van der Waals surface area contributed by atoms with Crippen molar-refractivity contribution in [2.45, 2.75) is 10.7 Å². The number of hydrogen-bond acceptors (Lipinski definition) is 0. The molecule has 0 heterocycles. The van der Waals surface area contributed by atoms with Gasteiger partial charge in [0.05, 0.1) is 0 Å². The maximum absolute atomic E-state index is 3.80. The lowest BCUT2D eigenvalue weighted by molar-refractivity contribution is 0.841. The molecule has 1 aliphatic rings. The number of halogens is 2. The third-order valence-electron chi connectivity index (χ3n) is 3.39. The van der Waals surface area contributed by atoms with Crippen LogP contribution in [-0.4, -0.2) is 10.2 Å². The van der Waals surface area contributed by atoms with Gasteiger partial charge in [0, 0.05) is 16.1 Å². The van der Waals surface area contributed by atoms with Crippen molar-refractivity contribution < 1.29 is 0 Å². The van der Waals surface area contributed by atoms with Crippen LogP contribution in [0.25, 0.3) is 11.1 Å². The van der Waals surface area contributed by atoms with E-state index in [2.05, 4.69) is 80.4 Å². The van der Waals surface area contributed by atoms with E-state index in [-0.39, 0.29) is 0 Å². The largest absolute Gasteiger partial charge is 0.0916 e. The summed E-state index contributed by atoms with van der Waals surface area (Å²) in [6.07, 6.45) is 0. The summed E-state index contributed by atoms with van der Waals surface area (Å²) in [6, 6.07) is 17.4. The Bertz CT molecular complexity index is 503. The van der Waals surface area contributed by atoms with Crippen LogP contribution in [0.4, 0.5) is 0 Å². The van der Waals surface area contributed by atoms with Gasteiger partial charge >= 0.3 is 0 Å². The van der Waals surface area contributed by atoms with Crippen LogP contribution in [0.1, 0.15) is 17.0 Å². The zero-order valence-electron chi connectivity index (χ0n) is 9.24. The van der Waals surface area contributed by atoms with Crippen LogP contribution in [0.2, 0.25) is 0 Å². The van der Waals surface area contributed by atoms with E-state index in [1.54, 1.807) is 0 Å². The average molecular weight is 352 g/mol. The average Bonchev–Trinajstić information content (AvgIpc) is 2.72. The first-order valence-corrected chi connectivity index (χ1v) is 7.75. The van der Waals surface area contributed by atoms with Gasteiger partial charge in [0.25, 0.3) is 0 Å². The summed E-state index contributed by atoms with van der Waals surface area (Å²) in [6.45, 7) is 0. The van der Waals surface area contributed by atoms with E-state index in [9.17, 15) is 0 Å². The maximum Gasteiger partial charge on any atom is 0.0352 e. The molecule has 0 nitrogen and oxygen atoms in total. The normalized spacial score (nSPS) is 15.4. The lowest BCUT2D eigenvalue weighted by atomic mass is 9.94. The Morgan fingerprint density at radius 1 is 0.882 bits per heavy atom. The highest BCUT2D eigenvalue weighted by molar-refractivity contribution is 9.12. The minimum atomic E-state index is 0.437. The lowest BCUT2D eigenvalue weighted by Gasteiger charge is -2.18. The first kappa shape index (κ1) is 11.5. The molecule has 0 spiro atoms. The Hall–Kier alpha value is -0.600. The molecule has 2 heteroatoms. The molecule has 2 aromatic rings. The summed E-state index contributed by atoms with van der Waals surface area (Å²) in [4.78, 5) is 0.437. The molecule has 2 aromatic carbocycles. The molecule has 1 atom stereocenters. The van der Waals surface area contributed by atoms with Gasteiger partial charge in [-0.3, -0.25) is 0 Å². The van der Waals surface area contributed by atoms with Gasteiger partial charge in [-0.25, -0.2) is 0 Å². The highest BCUT2D eigenvalue weighted by Crippen LogP contribution is 2.47. The zero-order chi connectivity index (χ0) is 11.8. The van der Waals surface area contributed by atoms with Crippen molar-refractivity contribution >= 4 is 31.9 Å². The Kier molecular flexibility index (Phi) is 3.10. The van der Waals surface area contributed by atoms with Gasteiger partial charge in [0.2, 0.25) is 0 Å². The fourth-order valence-corrected chi connectivity index (χ4v) is 3.62. The van der Waals surface area contributed by atoms with Crippen LogP contribution in [-0.2, 0) is 0 Å². The molecule has 0 saturated heterocycles. The molecule has 0 fully saturated rings. The summed E-state index contributed by atoms with van der Waals surface area (Å²) >= 11 is 7.38. The number of fused-ring (bicyclic) bond motifs is 3. The van der Waals surface area contributed by atoms with Gasteiger partial charge in [-0.2, -0.15) is 0 Å². The molecule has 3 rings (SSSR count). The zero-order valence-corrected chi connectivity index (χ0v) is 12.4. The number of alkyl halides is 2. The fraction of sp³-hybridized carbons (Fsp3) is 0.200. The highest BCUT2D eigenvalue weighted by atomic mass is 79.9. The van der Waals surface area contributed by atoms with Crippen molar-refractivity contribution in [1.29, 1.82) is 0 Å². The Morgan fingerprint density at radius 3 is 1.82 bits per heavy atom. The number of hydrogen-bond donors (Lipinski definition) is 0. The summed E-state index contributed by atoms with van der Waals surface area (Å²) in [7, 11) is 0. The smallest absolute Gasteiger partial charge is 0.0352 e. The predicted molar refractivity (Wildman–Crippen MR) is 80.2 cm³/mol. The van der Waals surface area contributed by atoms with Gasteiger partial charge in [0.1, 0.15) is 0 Å². The maximum atomic E-state index is 3.80. The van der Waals surface area contributed by atoms with Crippen molar-refractivity contribution in [3.8, 4) is 11.1 Å². The molecule has 0 aliphatic heterocycles. The van der Waals surface area contributed by atoms with Crippen LogP contribution in [0.5, 0.6) is 0 Å². The first-order chi connectivity index (χ1) is 8.33. The number of benzene rings is 2. The molecule has 0 aromatic heterocycles. The van der Waals surface area contributed by atoms with Crippen LogP contribution >= 0.6 is 31.9 Å². The van der Waals surface area contributed by atoms with E-state index in [1.165, 1.54) is 22.3 Å². The molecular weight excluding hydrogens is 340 g/mol. The van der Waals surface area contributed by atoms with Gasteiger partial charge in [-0.15, -0.1) is 0 Å². The third-order valence-corrected chi connectivity index (χ3v) is 5.81. The van der Waals surface area contributed by atoms with E-state index in [0.717, 1.165) is 5.33 Å². The fourth-order valence-electron chi connectivity index (χ4n) is 2.67. The van der Waals surface area contributed by atoms with E-state index in [0.29, 0.717) is 10.7 Å². The van der Waals surface area contributed by atoms with Crippen LogP contribution < -0.4 is 0 Å². The van der Waals surface area contributed by atoms with Gasteiger partial charge < -0.3 is 0 Å². The van der Waals surface area contributed by atoms with Crippen molar-refractivity contribution in [3.05, 3.63) is 59.7 Å². The molecule has 0 bridgehead atoms. The second-order valence-electron chi connectivity index (χ2n) is 4.32. The first-order valence-electron chi connectivity index (χ1n) is 5.71. The van der Waals surface area contributed by atoms with Crippen LogP contribution in [0, 0.1) is 0 Å². The Balaban J connectivity index is 2.23. The molecule has 0 N–H and O–H groups in total. The van der Waals surface area contributed by atoms with E-state index in [1.807, 2.05) is 0 Å². The van der Waals surface area contributed by atoms with Crippen LogP contribution in [0.3, 0.4) is 0 Å². The number of rotatable bonds is 2. The van der Waals surface area contributed by atoms with Crippen LogP contribution in [0.15, 0.2) is 48.5 Å². The summed E-state index contributed by atoms with van der Waals surface area (Å²) in [5, 5.41) is 0.959. The molecule has 0 saturated carbocycles. The van der Waals surface area contributed by atoms with Gasteiger partial charge in [-0.1, -0.05) is 80.4 Å². The van der Waals surface area contributed by atoms with E-state index >= 15 is 0 Å². The molecule has 1 aliphatic carbocycles. The molecule has 17 heavy (non-hydrogen) atoms. The monoisotopic (exact) mass is 350 g/mol. The second-order valence-corrected chi connectivity index (χ2v) is 6.15. The molecule has 0 radical (unpaired) electrons. The molecule has 86 valence electrons. The summed E-state index contributed by atoms with van der Waals surface area (Å²) in [5.41, 5.74) is 5.65. The quantitative estimate of drug-likeness (QED) is 0.671. The summed E-state index contributed by atoms with van der Waals surface area (Å²) in [5.74, 6) is 0.460. The topological polar surface area (TPSA) is 0 Å². The van der Waals surface area contributed by atoms with Crippen molar-refractivity contribution in [1.82, 2.24) is 0 Å². The van der Waals surface area contributed by atoms with Crippen molar-refractivity contribution in [2.24, 2.45) is 0 Å². The Morgan fingerprint density at radius 2 is 1.35 bits per heavy atom. The minimum Gasteiger partial charge on any atom is -0.0916 e.